The van der Waals surface area contributed by atoms with E-state index < -0.39 is 0 Å². The highest BCUT2D eigenvalue weighted by Crippen LogP contribution is 2.10. The van der Waals surface area contributed by atoms with Crippen molar-refractivity contribution < 1.29 is 4.79 Å². The molecule has 1 rings (SSSR count). The third-order valence-electron chi connectivity index (χ3n) is 1.02. The van der Waals surface area contributed by atoms with Gasteiger partial charge in [0, 0.05) is 16.0 Å². The van der Waals surface area contributed by atoms with E-state index in [1.807, 2.05) is 0 Å². The fourth-order valence-electron chi connectivity index (χ4n) is 0.581. The Kier molecular flexibility index (Phi) is 3.01. The lowest BCUT2D eigenvalue weighted by Crippen LogP contribution is -1.75. The first kappa shape index (κ1) is 8.45. The van der Waals surface area contributed by atoms with Gasteiger partial charge in [0.15, 0.2) is 6.29 Å². The fraction of sp³-hybridized carbons (Fsp3) is 0. The van der Waals surface area contributed by atoms with E-state index in [1.54, 1.807) is 11.7 Å². The van der Waals surface area contributed by atoms with E-state index in [4.69, 9.17) is 5.53 Å². The summed E-state index contributed by atoms with van der Waals surface area (Å²) in [6.07, 6.45) is 3.56. The van der Waals surface area contributed by atoms with Crippen LogP contribution in [0.1, 0.15) is 4.88 Å². The number of carbonyl (C=O) groups excluding carboxylic acids is 1. The lowest BCUT2D eigenvalue weighted by Gasteiger charge is -1.83. The van der Waals surface area contributed by atoms with Gasteiger partial charge < -0.3 is 0 Å². The Hall–Kier alpha value is -1.65. The number of allylic oxidation sites excluding steroid dienone is 1. The number of aromatic nitrogens is 1. The van der Waals surface area contributed by atoms with Crippen molar-refractivity contribution in [2.75, 3.05) is 0 Å². The van der Waals surface area contributed by atoms with Gasteiger partial charge in [0.25, 0.3) is 0 Å². The van der Waals surface area contributed by atoms with Gasteiger partial charge in [0.05, 0.1) is 11.2 Å². The van der Waals surface area contributed by atoms with E-state index in [-0.39, 0.29) is 5.70 Å². The maximum absolute atomic E-state index is 10.3. The van der Waals surface area contributed by atoms with Gasteiger partial charge in [-0.2, -0.15) is 0 Å². The maximum Gasteiger partial charge on any atom is 0.152 e. The lowest BCUT2D eigenvalue weighted by atomic mass is 10.4. The number of carbonyl (C=O) groups is 1. The van der Waals surface area contributed by atoms with Crippen LogP contribution in [-0.2, 0) is 4.79 Å². The van der Waals surface area contributed by atoms with Crippen LogP contribution < -0.4 is 0 Å². The van der Waals surface area contributed by atoms with Gasteiger partial charge in [-0.1, -0.05) is 5.11 Å². The Morgan fingerprint density at radius 2 is 2.67 bits per heavy atom. The Bertz CT molecular complexity index is 336. The molecule has 0 N–H and O–H groups in total. The van der Waals surface area contributed by atoms with Crippen molar-refractivity contribution >= 4 is 23.7 Å². The average molecular weight is 180 g/mol. The molecule has 0 radical (unpaired) electrons. The van der Waals surface area contributed by atoms with Crippen LogP contribution in [0, 0.1) is 0 Å². The van der Waals surface area contributed by atoms with Crippen LogP contribution in [0.25, 0.3) is 16.5 Å². The van der Waals surface area contributed by atoms with Crippen molar-refractivity contribution in [3.05, 3.63) is 32.7 Å². The molecule has 0 amide bonds. The number of thiazole rings is 1. The molecule has 0 aliphatic carbocycles. The molecule has 5 nitrogen and oxygen atoms in total. The molecule has 0 saturated carbocycles. The number of hydrogen-bond donors (Lipinski definition) is 0. The van der Waals surface area contributed by atoms with E-state index >= 15 is 0 Å². The van der Waals surface area contributed by atoms with E-state index in [2.05, 4.69) is 15.0 Å². The quantitative estimate of drug-likeness (QED) is 0.234. The van der Waals surface area contributed by atoms with Crippen molar-refractivity contribution in [2.45, 2.75) is 0 Å². The second-order valence-corrected chi connectivity index (χ2v) is 2.70. The monoisotopic (exact) mass is 180 g/mol. The number of aldehydes is 1. The van der Waals surface area contributed by atoms with Crippen LogP contribution in [-0.4, -0.2) is 11.3 Å². The molecule has 6 heteroatoms. The third kappa shape index (κ3) is 2.19. The standard InChI is InChI=1S/C6H4N4OS/c7-10-9-5(3-11)1-6-2-8-4-12-6/h1-4H/b5-1-. The zero-order valence-corrected chi connectivity index (χ0v) is 6.73. The molecular formula is C6H4N4OS. The van der Waals surface area contributed by atoms with Crippen LogP contribution in [0.5, 0.6) is 0 Å². The third-order valence-corrected chi connectivity index (χ3v) is 1.75. The molecule has 0 atom stereocenters. The Morgan fingerprint density at radius 3 is 3.17 bits per heavy atom. The molecule has 0 aliphatic heterocycles. The van der Waals surface area contributed by atoms with Crippen LogP contribution in [0.2, 0.25) is 0 Å². The summed E-state index contributed by atoms with van der Waals surface area (Å²) in [7, 11) is 0. The minimum Gasteiger partial charge on any atom is -0.298 e. The Labute approximate surface area is 72.0 Å². The predicted octanol–water partition coefficient (Wildman–Crippen LogP) is 1.99. The highest BCUT2D eigenvalue weighted by atomic mass is 32.1. The van der Waals surface area contributed by atoms with Gasteiger partial charge in [-0.15, -0.1) is 11.3 Å². The second kappa shape index (κ2) is 4.27. The minimum atomic E-state index is 0.0572. The van der Waals surface area contributed by atoms with Crippen molar-refractivity contribution in [1.82, 2.24) is 4.98 Å². The van der Waals surface area contributed by atoms with E-state index in [0.717, 1.165) is 4.88 Å². The molecule has 0 aliphatic rings. The molecule has 1 heterocycles. The van der Waals surface area contributed by atoms with Gasteiger partial charge in [0.2, 0.25) is 0 Å². The zero-order valence-electron chi connectivity index (χ0n) is 5.91. The van der Waals surface area contributed by atoms with E-state index in [1.165, 1.54) is 17.4 Å². The van der Waals surface area contributed by atoms with Crippen molar-refractivity contribution in [3.63, 3.8) is 0 Å². The second-order valence-electron chi connectivity index (χ2n) is 1.78. The first-order valence-electron chi connectivity index (χ1n) is 2.97. The van der Waals surface area contributed by atoms with Gasteiger partial charge in [-0.3, -0.25) is 9.78 Å². The summed E-state index contributed by atoms with van der Waals surface area (Å²) in [5.41, 5.74) is 9.73. The highest BCUT2D eigenvalue weighted by Gasteiger charge is 1.92. The molecule has 0 aromatic carbocycles. The van der Waals surface area contributed by atoms with Crippen LogP contribution >= 0.6 is 11.3 Å². The predicted molar refractivity (Wildman–Crippen MR) is 45.3 cm³/mol. The molecule has 0 unspecified atom stereocenters. The number of nitrogens with zero attached hydrogens (tertiary/aromatic N) is 4. The molecule has 0 spiro atoms. The Balaban J connectivity index is 2.92. The summed E-state index contributed by atoms with van der Waals surface area (Å²) in [6, 6.07) is 0. The van der Waals surface area contributed by atoms with Crippen molar-refractivity contribution in [3.8, 4) is 0 Å². The van der Waals surface area contributed by atoms with Gasteiger partial charge >= 0.3 is 0 Å². The van der Waals surface area contributed by atoms with Crippen LogP contribution in [0.3, 0.4) is 0 Å². The summed E-state index contributed by atoms with van der Waals surface area (Å²) >= 11 is 1.36. The summed E-state index contributed by atoms with van der Waals surface area (Å²) in [4.78, 5) is 17.3. The fourth-order valence-corrected chi connectivity index (χ4v) is 1.13. The molecule has 0 saturated heterocycles. The maximum atomic E-state index is 10.3. The summed E-state index contributed by atoms with van der Waals surface area (Å²) < 4.78 is 0. The van der Waals surface area contributed by atoms with E-state index in [9.17, 15) is 4.79 Å². The van der Waals surface area contributed by atoms with Crippen LogP contribution in [0.4, 0.5) is 0 Å². The minimum absolute atomic E-state index is 0.0572. The first-order valence-corrected chi connectivity index (χ1v) is 3.85. The van der Waals surface area contributed by atoms with Gasteiger partial charge in [-0.25, -0.2) is 0 Å². The average Bonchev–Trinajstić information content (AvgIpc) is 2.56. The molecular weight excluding hydrogens is 176 g/mol. The summed E-state index contributed by atoms with van der Waals surface area (Å²) in [6.45, 7) is 0. The molecule has 12 heavy (non-hydrogen) atoms. The lowest BCUT2D eigenvalue weighted by molar-refractivity contribution is -0.104. The highest BCUT2D eigenvalue weighted by molar-refractivity contribution is 7.10. The smallest absolute Gasteiger partial charge is 0.152 e. The van der Waals surface area contributed by atoms with Crippen molar-refractivity contribution in [1.29, 1.82) is 0 Å². The molecule has 0 fully saturated rings. The normalized spacial score (nSPS) is 10.5. The molecule has 60 valence electrons. The zero-order chi connectivity index (χ0) is 8.81. The molecule has 1 aromatic heterocycles. The van der Waals surface area contributed by atoms with Crippen molar-refractivity contribution in [2.24, 2.45) is 5.11 Å². The van der Waals surface area contributed by atoms with Gasteiger partial charge in [0.1, 0.15) is 0 Å². The van der Waals surface area contributed by atoms with E-state index in [0.29, 0.717) is 6.29 Å². The topological polar surface area (TPSA) is 78.7 Å². The molecule has 0 bridgehead atoms. The SMILES string of the molecule is [N-]=[N+]=N/C(C=O)=C\c1cncs1. The summed E-state index contributed by atoms with van der Waals surface area (Å²) in [5, 5.41) is 3.17. The number of hydrogen-bond acceptors (Lipinski definition) is 4. The van der Waals surface area contributed by atoms with Gasteiger partial charge in [-0.05, 0) is 11.6 Å². The number of rotatable bonds is 3. The summed E-state index contributed by atoms with van der Waals surface area (Å²) in [5.74, 6) is 0. The largest absolute Gasteiger partial charge is 0.298 e. The van der Waals surface area contributed by atoms with Crippen LogP contribution in [0.15, 0.2) is 22.5 Å². The molecule has 1 aromatic rings. The number of azide groups is 1. The Morgan fingerprint density at radius 1 is 1.83 bits per heavy atom. The first-order chi connectivity index (χ1) is 5.86.